The summed E-state index contributed by atoms with van der Waals surface area (Å²) in [7, 11) is 0. The standard InChI is InChI=1S/C20H21N3O6/c1-11-6-15(22-29-11)18(25)21-7-13-14-8-23(10-20(14)5-4-16(13)28-20)19(26)12-2-3-17(24)27-9-12/h2-3,6,9,13-14,16H,4-5,7-8,10H2,1H3,(H,21,25)/t13-,14+,16+,20+/m0/s1. The Bertz CT molecular complexity index is 1010. The first kappa shape index (κ1) is 18.1. The van der Waals surface area contributed by atoms with Gasteiger partial charge in [-0.05, 0) is 25.8 Å². The minimum absolute atomic E-state index is 0.0892. The molecule has 3 aliphatic heterocycles. The molecule has 2 aromatic rings. The molecule has 0 aromatic carbocycles. The monoisotopic (exact) mass is 399 g/mol. The molecule has 9 heteroatoms. The summed E-state index contributed by atoms with van der Waals surface area (Å²) in [5.41, 5.74) is -0.231. The number of ether oxygens (including phenoxy) is 1. The summed E-state index contributed by atoms with van der Waals surface area (Å²) in [4.78, 5) is 38.1. The van der Waals surface area contributed by atoms with Gasteiger partial charge in [-0.1, -0.05) is 5.16 Å². The van der Waals surface area contributed by atoms with Crippen LogP contribution in [0, 0.1) is 18.8 Å². The number of aryl methyl sites for hydroxylation is 1. The van der Waals surface area contributed by atoms with Crippen LogP contribution in [-0.4, -0.2) is 53.2 Å². The number of likely N-dealkylation sites (tertiary alicyclic amines) is 1. The lowest BCUT2D eigenvalue weighted by atomic mass is 9.73. The largest absolute Gasteiger partial charge is 0.430 e. The molecule has 1 N–H and O–H groups in total. The van der Waals surface area contributed by atoms with Gasteiger partial charge in [0.25, 0.3) is 11.8 Å². The normalized spacial score (nSPS) is 29.8. The van der Waals surface area contributed by atoms with E-state index in [1.54, 1.807) is 17.9 Å². The summed E-state index contributed by atoms with van der Waals surface area (Å²) in [6.45, 7) is 3.26. The number of carbonyl (C=O) groups excluding carboxylic acids is 2. The van der Waals surface area contributed by atoms with E-state index in [9.17, 15) is 14.4 Å². The van der Waals surface area contributed by atoms with Crippen molar-refractivity contribution in [2.45, 2.75) is 31.5 Å². The first-order valence-corrected chi connectivity index (χ1v) is 9.73. The van der Waals surface area contributed by atoms with Crippen LogP contribution < -0.4 is 10.9 Å². The Morgan fingerprint density at radius 2 is 2.24 bits per heavy atom. The van der Waals surface area contributed by atoms with Gasteiger partial charge in [-0.2, -0.15) is 0 Å². The highest BCUT2D eigenvalue weighted by Crippen LogP contribution is 2.54. The highest BCUT2D eigenvalue weighted by atomic mass is 16.5. The van der Waals surface area contributed by atoms with Crippen molar-refractivity contribution >= 4 is 11.8 Å². The maximum absolute atomic E-state index is 12.8. The fraction of sp³-hybridized carbons (Fsp3) is 0.500. The fourth-order valence-electron chi connectivity index (χ4n) is 5.05. The van der Waals surface area contributed by atoms with Gasteiger partial charge in [-0.15, -0.1) is 0 Å². The van der Waals surface area contributed by atoms with Gasteiger partial charge < -0.3 is 23.9 Å². The number of aromatic nitrogens is 1. The van der Waals surface area contributed by atoms with Gasteiger partial charge in [-0.3, -0.25) is 9.59 Å². The van der Waals surface area contributed by atoms with E-state index in [4.69, 9.17) is 13.7 Å². The Hall–Kier alpha value is -2.94. The number of hydrogen-bond acceptors (Lipinski definition) is 7. The summed E-state index contributed by atoms with van der Waals surface area (Å²) in [5, 5.41) is 6.68. The van der Waals surface area contributed by atoms with Gasteiger partial charge in [0.15, 0.2) is 5.69 Å². The zero-order valence-corrected chi connectivity index (χ0v) is 15.9. The van der Waals surface area contributed by atoms with E-state index in [-0.39, 0.29) is 41.0 Å². The molecule has 0 radical (unpaired) electrons. The molecule has 0 saturated carbocycles. The highest BCUT2D eigenvalue weighted by molar-refractivity contribution is 5.94. The zero-order valence-electron chi connectivity index (χ0n) is 15.9. The molecule has 9 nitrogen and oxygen atoms in total. The van der Waals surface area contributed by atoms with Crippen LogP contribution in [0.15, 0.2) is 38.2 Å². The van der Waals surface area contributed by atoms with Crippen molar-refractivity contribution in [3.8, 4) is 0 Å². The van der Waals surface area contributed by atoms with E-state index in [1.807, 2.05) is 0 Å². The van der Waals surface area contributed by atoms with Crippen LogP contribution in [0.25, 0.3) is 0 Å². The molecule has 3 saturated heterocycles. The lowest BCUT2D eigenvalue weighted by molar-refractivity contribution is 0.00314. The van der Waals surface area contributed by atoms with E-state index in [2.05, 4.69) is 10.5 Å². The number of rotatable bonds is 4. The maximum Gasteiger partial charge on any atom is 0.335 e. The average Bonchev–Trinajstić information content (AvgIpc) is 3.46. The topological polar surface area (TPSA) is 115 Å². The minimum atomic E-state index is -0.487. The molecule has 4 atom stereocenters. The number of carbonyl (C=O) groups is 2. The molecule has 3 fully saturated rings. The van der Waals surface area contributed by atoms with Gasteiger partial charge in [0, 0.05) is 37.1 Å². The van der Waals surface area contributed by atoms with E-state index in [0.717, 1.165) is 12.8 Å². The van der Waals surface area contributed by atoms with E-state index >= 15 is 0 Å². The third-order valence-electron chi connectivity index (χ3n) is 6.38. The smallest absolute Gasteiger partial charge is 0.335 e. The van der Waals surface area contributed by atoms with Crippen molar-refractivity contribution in [2.75, 3.05) is 19.6 Å². The Morgan fingerprint density at radius 1 is 1.38 bits per heavy atom. The Kier molecular flexibility index (Phi) is 4.09. The molecule has 1 spiro atoms. The highest BCUT2D eigenvalue weighted by Gasteiger charge is 2.63. The second-order valence-electron chi connectivity index (χ2n) is 8.09. The summed E-state index contributed by atoms with van der Waals surface area (Å²) in [5.74, 6) is 0.417. The molecule has 5 heterocycles. The maximum atomic E-state index is 12.8. The minimum Gasteiger partial charge on any atom is -0.430 e. The van der Waals surface area contributed by atoms with Crippen molar-refractivity contribution in [2.24, 2.45) is 11.8 Å². The SMILES string of the molecule is Cc1cc(C(=O)NC[C@H]2[C@H]3CN(C(=O)c4ccc(=O)oc4)C[C@]34CC[C@H]2O4)no1. The summed E-state index contributed by atoms with van der Waals surface area (Å²) in [6, 6.07) is 4.33. The Balaban J connectivity index is 1.28. The van der Waals surface area contributed by atoms with E-state index < -0.39 is 5.63 Å². The molecule has 0 aliphatic carbocycles. The molecule has 2 amide bonds. The van der Waals surface area contributed by atoms with Crippen molar-refractivity contribution in [1.82, 2.24) is 15.4 Å². The number of nitrogens with zero attached hydrogens (tertiary/aromatic N) is 2. The molecule has 29 heavy (non-hydrogen) atoms. The van der Waals surface area contributed by atoms with Crippen molar-refractivity contribution < 1.29 is 23.3 Å². The quantitative estimate of drug-likeness (QED) is 0.815. The van der Waals surface area contributed by atoms with Crippen LogP contribution in [0.1, 0.15) is 39.4 Å². The third-order valence-corrected chi connectivity index (χ3v) is 6.38. The lowest BCUT2D eigenvalue weighted by Crippen LogP contribution is -2.42. The Labute approximate surface area is 166 Å². The second kappa shape index (κ2) is 6.55. The fourth-order valence-corrected chi connectivity index (χ4v) is 5.05. The first-order valence-electron chi connectivity index (χ1n) is 9.73. The number of hydrogen-bond donors (Lipinski definition) is 1. The van der Waals surface area contributed by atoms with Gasteiger partial charge in [0.1, 0.15) is 12.0 Å². The van der Waals surface area contributed by atoms with Crippen molar-refractivity contribution in [3.63, 3.8) is 0 Å². The molecule has 0 unspecified atom stereocenters. The third kappa shape index (κ3) is 2.96. The van der Waals surface area contributed by atoms with Gasteiger partial charge in [-0.25, -0.2) is 4.79 Å². The number of nitrogens with one attached hydrogen (secondary N) is 1. The van der Waals surface area contributed by atoms with Crippen LogP contribution in [-0.2, 0) is 4.74 Å². The van der Waals surface area contributed by atoms with Crippen LogP contribution >= 0.6 is 0 Å². The number of fused-ring (bicyclic) bond motifs is 1. The first-order chi connectivity index (χ1) is 13.9. The van der Waals surface area contributed by atoms with E-state index in [0.29, 0.717) is 31.0 Å². The summed E-state index contributed by atoms with van der Waals surface area (Å²) >= 11 is 0. The molecular weight excluding hydrogens is 378 g/mol. The van der Waals surface area contributed by atoms with Crippen LogP contribution in [0.2, 0.25) is 0 Å². The Morgan fingerprint density at radius 3 is 2.97 bits per heavy atom. The lowest BCUT2D eigenvalue weighted by Gasteiger charge is -2.29. The predicted molar refractivity (Wildman–Crippen MR) is 98.3 cm³/mol. The number of amides is 2. The average molecular weight is 399 g/mol. The molecule has 2 bridgehead atoms. The van der Waals surface area contributed by atoms with Gasteiger partial charge >= 0.3 is 5.63 Å². The summed E-state index contributed by atoms with van der Waals surface area (Å²) in [6.07, 6.45) is 3.11. The molecule has 5 rings (SSSR count). The van der Waals surface area contributed by atoms with Crippen LogP contribution in [0.5, 0.6) is 0 Å². The zero-order chi connectivity index (χ0) is 20.2. The second-order valence-corrected chi connectivity index (χ2v) is 8.09. The van der Waals surface area contributed by atoms with Crippen LogP contribution in [0.3, 0.4) is 0 Å². The summed E-state index contributed by atoms with van der Waals surface area (Å²) < 4.78 is 16.1. The predicted octanol–water partition coefficient (Wildman–Crippen LogP) is 0.986. The molecular formula is C20H21N3O6. The van der Waals surface area contributed by atoms with Crippen molar-refractivity contribution in [3.05, 3.63) is 51.9 Å². The van der Waals surface area contributed by atoms with Gasteiger partial charge in [0.2, 0.25) is 0 Å². The molecule has 2 aromatic heterocycles. The van der Waals surface area contributed by atoms with Crippen LogP contribution in [0.4, 0.5) is 0 Å². The molecule has 152 valence electrons. The van der Waals surface area contributed by atoms with E-state index in [1.165, 1.54) is 18.4 Å². The van der Waals surface area contributed by atoms with Gasteiger partial charge in [0.05, 0.1) is 23.8 Å². The molecule has 3 aliphatic rings. The van der Waals surface area contributed by atoms with Crippen molar-refractivity contribution in [1.29, 1.82) is 0 Å².